The molecule has 1 aromatic carbocycles. The summed E-state index contributed by atoms with van der Waals surface area (Å²) in [4.78, 5) is 25.5. The Labute approximate surface area is 162 Å². The molecule has 1 fully saturated rings. The maximum Gasteiger partial charge on any atom is 0.270 e. The van der Waals surface area contributed by atoms with Crippen molar-refractivity contribution in [1.82, 2.24) is 20.0 Å². The number of nitrogens with zero attached hydrogens (tertiary/aromatic N) is 2. The van der Waals surface area contributed by atoms with Gasteiger partial charge in [-0.15, -0.1) is 0 Å². The lowest BCUT2D eigenvalue weighted by atomic mass is 9.86. The summed E-state index contributed by atoms with van der Waals surface area (Å²) in [7, 11) is 0. The van der Waals surface area contributed by atoms with Crippen molar-refractivity contribution in [3.63, 3.8) is 0 Å². The molecule has 0 radical (unpaired) electrons. The van der Waals surface area contributed by atoms with Gasteiger partial charge in [0, 0.05) is 17.9 Å². The van der Waals surface area contributed by atoms with Crippen LogP contribution in [0.25, 0.3) is 11.3 Å². The Morgan fingerprint density at radius 2 is 1.82 bits per heavy atom. The first-order chi connectivity index (χ1) is 13.7. The zero-order valence-corrected chi connectivity index (χ0v) is 15.6. The number of amides is 1. The molecule has 3 aromatic rings. The molecule has 7 nitrogen and oxygen atoms in total. The van der Waals surface area contributed by atoms with Gasteiger partial charge in [0.2, 0.25) is 5.91 Å². The largest absolute Gasteiger partial charge is 0.311 e. The third-order valence-electron chi connectivity index (χ3n) is 6.00. The van der Waals surface area contributed by atoms with E-state index in [1.165, 1.54) is 6.42 Å². The molecule has 0 bridgehead atoms. The molecule has 1 aliphatic carbocycles. The van der Waals surface area contributed by atoms with E-state index < -0.39 is 0 Å². The molecule has 1 atom stereocenters. The fourth-order valence-corrected chi connectivity index (χ4v) is 4.66. The topological polar surface area (TPSA) is 95.6 Å². The molecule has 5 rings (SSSR count). The highest BCUT2D eigenvalue weighted by Crippen LogP contribution is 2.40. The average molecular weight is 377 g/mol. The molecule has 2 aliphatic rings. The van der Waals surface area contributed by atoms with Crippen LogP contribution in [0.2, 0.25) is 0 Å². The molecule has 1 saturated carbocycles. The summed E-state index contributed by atoms with van der Waals surface area (Å²) in [6, 6.07) is 10.1. The molecule has 3 N–H and O–H groups in total. The molecule has 1 aliphatic heterocycles. The van der Waals surface area contributed by atoms with Gasteiger partial charge in [0.25, 0.3) is 5.56 Å². The van der Waals surface area contributed by atoms with Gasteiger partial charge in [-0.2, -0.15) is 5.10 Å². The lowest BCUT2D eigenvalue weighted by Crippen LogP contribution is -2.27. The Morgan fingerprint density at radius 3 is 2.61 bits per heavy atom. The zero-order chi connectivity index (χ0) is 19.1. The molecule has 3 heterocycles. The number of nitrogens with one attached hydrogen (secondary N) is 3. The van der Waals surface area contributed by atoms with Gasteiger partial charge in [-0.1, -0.05) is 49.6 Å². The monoisotopic (exact) mass is 377 g/mol. The highest BCUT2D eigenvalue weighted by atomic mass is 16.2. The first-order valence-electron chi connectivity index (χ1n) is 9.95. The van der Waals surface area contributed by atoms with E-state index in [0.29, 0.717) is 11.4 Å². The van der Waals surface area contributed by atoms with Crippen LogP contribution in [0.4, 0.5) is 5.82 Å². The van der Waals surface area contributed by atoms with E-state index in [9.17, 15) is 9.59 Å². The first-order valence-corrected chi connectivity index (χ1v) is 9.95. The van der Waals surface area contributed by atoms with Crippen molar-refractivity contribution in [3.8, 4) is 11.3 Å². The Kier molecular flexibility index (Phi) is 4.15. The Morgan fingerprint density at radius 1 is 1.04 bits per heavy atom. The smallest absolute Gasteiger partial charge is 0.270 e. The zero-order valence-electron chi connectivity index (χ0n) is 15.6. The van der Waals surface area contributed by atoms with E-state index in [0.717, 1.165) is 42.5 Å². The average Bonchev–Trinajstić information content (AvgIpc) is 3.34. The molecule has 2 aromatic heterocycles. The Balaban J connectivity index is 1.61. The molecule has 0 unspecified atom stereocenters. The van der Waals surface area contributed by atoms with Crippen molar-refractivity contribution in [2.75, 3.05) is 5.32 Å². The van der Waals surface area contributed by atoms with E-state index in [-0.39, 0.29) is 29.8 Å². The quantitative estimate of drug-likeness (QED) is 0.651. The number of hydrogen-bond donors (Lipinski definition) is 3. The SMILES string of the molecule is O=C1C[C@H](c2cn[nH]c2-c2ccccc2)c2c(n(C3CCCCC3)[nH]c2=O)N1. The Bertz CT molecular complexity index is 1060. The van der Waals surface area contributed by atoms with E-state index in [4.69, 9.17) is 0 Å². The van der Waals surface area contributed by atoms with Crippen molar-refractivity contribution in [1.29, 1.82) is 0 Å². The molecule has 7 heteroatoms. The number of carbonyl (C=O) groups excluding carboxylic acids is 1. The minimum atomic E-state index is -0.314. The molecular weight excluding hydrogens is 354 g/mol. The molecule has 0 saturated heterocycles. The van der Waals surface area contributed by atoms with Crippen LogP contribution in [0.1, 0.15) is 61.6 Å². The fraction of sp³-hybridized carbons (Fsp3) is 0.381. The summed E-state index contributed by atoms with van der Waals surface area (Å²) in [5.74, 6) is 0.255. The van der Waals surface area contributed by atoms with Crippen LogP contribution >= 0.6 is 0 Å². The summed E-state index contributed by atoms with van der Waals surface area (Å²) >= 11 is 0. The van der Waals surface area contributed by atoms with E-state index in [2.05, 4.69) is 20.6 Å². The minimum Gasteiger partial charge on any atom is -0.311 e. The molecular formula is C21H23N5O2. The number of carbonyl (C=O) groups is 1. The molecule has 1 amide bonds. The number of aromatic amines is 2. The van der Waals surface area contributed by atoms with Crippen molar-refractivity contribution >= 4 is 11.7 Å². The van der Waals surface area contributed by atoms with Crippen LogP contribution in [0.3, 0.4) is 0 Å². The fourth-order valence-electron chi connectivity index (χ4n) is 4.66. The number of H-pyrrole nitrogens is 2. The van der Waals surface area contributed by atoms with Gasteiger partial charge in [0.05, 0.1) is 23.5 Å². The number of fused-ring (bicyclic) bond motifs is 1. The van der Waals surface area contributed by atoms with Crippen molar-refractivity contribution in [2.24, 2.45) is 0 Å². The first kappa shape index (κ1) is 17.0. The van der Waals surface area contributed by atoms with E-state index in [1.54, 1.807) is 6.20 Å². The number of hydrogen-bond acceptors (Lipinski definition) is 3. The predicted octanol–water partition coefficient (Wildman–Crippen LogP) is 3.55. The molecule has 144 valence electrons. The maximum absolute atomic E-state index is 12.9. The summed E-state index contributed by atoms with van der Waals surface area (Å²) in [5.41, 5.74) is 3.26. The standard InChI is InChI=1S/C21H23N5O2/c27-17-11-15(16-12-22-24-19(16)13-7-3-1-4-8-13)18-20(23-17)26(25-21(18)28)14-9-5-2-6-10-14/h1,3-4,7-8,12,14-15H,2,5-6,9-11H2,(H,22,24)(H,23,27)(H,25,28)/t15-/m1/s1. The second kappa shape index (κ2) is 6.82. The second-order valence-electron chi connectivity index (χ2n) is 7.74. The van der Waals surface area contributed by atoms with Crippen molar-refractivity contribution in [3.05, 3.63) is 58.0 Å². The summed E-state index contributed by atoms with van der Waals surface area (Å²) in [6.45, 7) is 0. The van der Waals surface area contributed by atoms with Crippen LogP contribution in [-0.2, 0) is 4.79 Å². The highest BCUT2D eigenvalue weighted by Gasteiger charge is 2.36. The van der Waals surface area contributed by atoms with Crippen LogP contribution in [0.5, 0.6) is 0 Å². The number of aromatic nitrogens is 4. The van der Waals surface area contributed by atoms with Crippen LogP contribution < -0.4 is 10.9 Å². The van der Waals surface area contributed by atoms with Crippen molar-refractivity contribution in [2.45, 2.75) is 50.5 Å². The molecule has 28 heavy (non-hydrogen) atoms. The Hall–Kier alpha value is -3.09. The van der Waals surface area contributed by atoms with Gasteiger partial charge in [0.15, 0.2) is 0 Å². The number of anilines is 1. The maximum atomic E-state index is 12.9. The normalized spacial score (nSPS) is 20.0. The van der Waals surface area contributed by atoms with Crippen LogP contribution in [-0.4, -0.2) is 25.9 Å². The van der Waals surface area contributed by atoms with Gasteiger partial charge < -0.3 is 5.32 Å². The van der Waals surface area contributed by atoms with Gasteiger partial charge in [-0.3, -0.25) is 24.5 Å². The predicted molar refractivity (Wildman–Crippen MR) is 106 cm³/mol. The minimum absolute atomic E-state index is 0.0683. The summed E-state index contributed by atoms with van der Waals surface area (Å²) in [5, 5.41) is 13.2. The lowest BCUT2D eigenvalue weighted by Gasteiger charge is -2.28. The van der Waals surface area contributed by atoms with Crippen LogP contribution in [0, 0.1) is 0 Å². The second-order valence-corrected chi connectivity index (χ2v) is 7.74. The number of benzene rings is 1. The highest BCUT2D eigenvalue weighted by molar-refractivity contribution is 5.94. The van der Waals surface area contributed by atoms with Crippen molar-refractivity contribution < 1.29 is 4.79 Å². The third kappa shape index (κ3) is 2.78. The van der Waals surface area contributed by atoms with Gasteiger partial charge in [0.1, 0.15) is 5.82 Å². The van der Waals surface area contributed by atoms with Gasteiger partial charge in [-0.05, 0) is 18.4 Å². The van der Waals surface area contributed by atoms with E-state index in [1.807, 2.05) is 35.0 Å². The summed E-state index contributed by atoms with van der Waals surface area (Å²) in [6.07, 6.45) is 7.57. The molecule has 0 spiro atoms. The lowest BCUT2D eigenvalue weighted by molar-refractivity contribution is -0.116. The van der Waals surface area contributed by atoms with Gasteiger partial charge in [-0.25, -0.2) is 0 Å². The van der Waals surface area contributed by atoms with E-state index >= 15 is 0 Å². The van der Waals surface area contributed by atoms with Gasteiger partial charge >= 0.3 is 0 Å². The summed E-state index contributed by atoms with van der Waals surface area (Å²) < 4.78 is 1.91. The van der Waals surface area contributed by atoms with Crippen LogP contribution in [0.15, 0.2) is 41.3 Å². The number of rotatable bonds is 3. The third-order valence-corrected chi connectivity index (χ3v) is 6.00.